The van der Waals surface area contributed by atoms with Crippen LogP contribution in [0.4, 0.5) is 0 Å². The van der Waals surface area contributed by atoms with Crippen LogP contribution in [0.5, 0.6) is 0 Å². The van der Waals surface area contributed by atoms with Gasteiger partial charge in [-0.3, -0.25) is 0 Å². The van der Waals surface area contributed by atoms with E-state index in [0.29, 0.717) is 17.8 Å². The first kappa shape index (κ1) is 12.3. The summed E-state index contributed by atoms with van der Waals surface area (Å²) in [6, 6.07) is 0.253. The first-order chi connectivity index (χ1) is 7.69. The van der Waals surface area contributed by atoms with E-state index in [1.807, 2.05) is 0 Å². The van der Waals surface area contributed by atoms with Crippen LogP contribution < -0.4 is 11.5 Å². The molecule has 0 saturated heterocycles. The molecule has 16 heavy (non-hydrogen) atoms. The lowest BCUT2D eigenvalue weighted by Crippen LogP contribution is -2.58. The Hall–Kier alpha value is -0.120. The molecule has 2 rings (SSSR count). The predicted octanol–water partition coefficient (Wildman–Crippen LogP) is 1.10. The van der Waals surface area contributed by atoms with Crippen molar-refractivity contribution in [2.75, 3.05) is 6.61 Å². The molecule has 0 aromatic heterocycles. The lowest BCUT2D eigenvalue weighted by atomic mass is 9.62. The Morgan fingerprint density at radius 1 is 1.00 bits per heavy atom. The van der Waals surface area contributed by atoms with Crippen LogP contribution in [0.1, 0.15) is 39.0 Å². The Bertz CT molecular complexity index is 206. The highest BCUT2D eigenvalue weighted by Crippen LogP contribution is 2.43. The molecular weight excluding hydrogens is 200 g/mol. The van der Waals surface area contributed by atoms with E-state index in [1.165, 1.54) is 19.3 Å². The summed E-state index contributed by atoms with van der Waals surface area (Å²) < 4.78 is 0. The highest BCUT2D eigenvalue weighted by Gasteiger charge is 2.43. The van der Waals surface area contributed by atoms with Crippen LogP contribution in [0.25, 0.3) is 0 Å². The first-order valence-corrected chi connectivity index (χ1v) is 6.81. The summed E-state index contributed by atoms with van der Waals surface area (Å²) in [5.74, 6) is 2.33. The van der Waals surface area contributed by atoms with Gasteiger partial charge in [-0.15, -0.1) is 0 Å². The number of hydrogen-bond donors (Lipinski definition) is 3. The first-order valence-electron chi connectivity index (χ1n) is 6.81. The second kappa shape index (κ2) is 5.03. The minimum Gasteiger partial charge on any atom is -0.396 e. The molecule has 2 fully saturated rings. The third-order valence-corrected chi connectivity index (χ3v) is 5.14. The molecule has 3 heteroatoms. The van der Waals surface area contributed by atoms with Gasteiger partial charge in [0.15, 0.2) is 0 Å². The molecule has 0 aromatic rings. The standard InChI is InChI=1S/C13H26N2O/c1-2-8-3-5-10(8)12(14)13(15)11-6-4-9(11)7-16/h8-13,16H,2-7,14-15H2,1H3. The predicted molar refractivity (Wildman–Crippen MR) is 65.8 cm³/mol. The smallest absolute Gasteiger partial charge is 0.0462 e. The van der Waals surface area contributed by atoms with Crippen molar-refractivity contribution >= 4 is 0 Å². The molecule has 0 spiro atoms. The van der Waals surface area contributed by atoms with Crippen LogP contribution in [0.3, 0.4) is 0 Å². The number of rotatable bonds is 5. The topological polar surface area (TPSA) is 72.3 Å². The quantitative estimate of drug-likeness (QED) is 0.657. The van der Waals surface area contributed by atoms with Gasteiger partial charge in [0.1, 0.15) is 0 Å². The molecule has 2 aliphatic carbocycles. The fraction of sp³-hybridized carbons (Fsp3) is 1.00. The fourth-order valence-corrected chi connectivity index (χ4v) is 3.51. The molecule has 2 aliphatic rings. The molecule has 94 valence electrons. The monoisotopic (exact) mass is 226 g/mol. The van der Waals surface area contributed by atoms with Gasteiger partial charge < -0.3 is 16.6 Å². The third kappa shape index (κ3) is 2.01. The van der Waals surface area contributed by atoms with Crippen LogP contribution in [0.2, 0.25) is 0 Å². The van der Waals surface area contributed by atoms with E-state index >= 15 is 0 Å². The van der Waals surface area contributed by atoms with Gasteiger partial charge in [0.05, 0.1) is 0 Å². The molecule has 0 bridgehead atoms. The molecule has 6 atom stereocenters. The average Bonchev–Trinajstić information content (AvgIpc) is 2.15. The largest absolute Gasteiger partial charge is 0.396 e. The zero-order valence-corrected chi connectivity index (χ0v) is 10.3. The van der Waals surface area contributed by atoms with E-state index in [4.69, 9.17) is 11.5 Å². The second-order valence-electron chi connectivity index (χ2n) is 5.75. The van der Waals surface area contributed by atoms with Gasteiger partial charge in [0.2, 0.25) is 0 Å². The van der Waals surface area contributed by atoms with E-state index < -0.39 is 0 Å². The van der Waals surface area contributed by atoms with E-state index in [0.717, 1.165) is 18.8 Å². The molecule has 2 saturated carbocycles. The molecule has 0 heterocycles. The number of aliphatic hydroxyl groups is 1. The van der Waals surface area contributed by atoms with Crippen LogP contribution >= 0.6 is 0 Å². The molecule has 0 aromatic carbocycles. The SMILES string of the molecule is CCC1CCC1C(N)C(N)C1CCC1CO. The Morgan fingerprint density at radius 3 is 1.81 bits per heavy atom. The summed E-state index contributed by atoms with van der Waals surface area (Å²) in [6.07, 6.45) is 6.10. The van der Waals surface area contributed by atoms with E-state index in [-0.39, 0.29) is 18.7 Å². The Kier molecular flexibility index (Phi) is 3.88. The Morgan fingerprint density at radius 2 is 1.50 bits per heavy atom. The number of hydrogen-bond acceptors (Lipinski definition) is 3. The minimum absolute atomic E-state index is 0.102. The Balaban J connectivity index is 1.86. The van der Waals surface area contributed by atoms with Gasteiger partial charge in [-0.2, -0.15) is 0 Å². The van der Waals surface area contributed by atoms with Crippen LogP contribution in [-0.2, 0) is 0 Å². The van der Waals surface area contributed by atoms with Crippen molar-refractivity contribution in [1.29, 1.82) is 0 Å². The maximum atomic E-state index is 9.20. The summed E-state index contributed by atoms with van der Waals surface area (Å²) in [6.45, 7) is 2.53. The van der Waals surface area contributed by atoms with E-state index in [2.05, 4.69) is 6.92 Å². The highest BCUT2D eigenvalue weighted by atomic mass is 16.3. The van der Waals surface area contributed by atoms with Crippen molar-refractivity contribution in [2.45, 2.75) is 51.1 Å². The zero-order valence-electron chi connectivity index (χ0n) is 10.3. The van der Waals surface area contributed by atoms with Crippen molar-refractivity contribution in [3.05, 3.63) is 0 Å². The fourth-order valence-electron chi connectivity index (χ4n) is 3.51. The van der Waals surface area contributed by atoms with Gasteiger partial charge in [0, 0.05) is 18.7 Å². The normalized spacial score (nSPS) is 42.0. The molecule has 0 aliphatic heterocycles. The van der Waals surface area contributed by atoms with Crippen molar-refractivity contribution in [3.8, 4) is 0 Å². The summed E-state index contributed by atoms with van der Waals surface area (Å²) in [7, 11) is 0. The zero-order chi connectivity index (χ0) is 11.7. The lowest BCUT2D eigenvalue weighted by Gasteiger charge is -2.48. The third-order valence-electron chi connectivity index (χ3n) is 5.14. The van der Waals surface area contributed by atoms with Crippen LogP contribution in [-0.4, -0.2) is 23.8 Å². The molecule has 6 unspecified atom stereocenters. The van der Waals surface area contributed by atoms with E-state index in [1.54, 1.807) is 0 Å². The summed E-state index contributed by atoms with van der Waals surface area (Å²) in [4.78, 5) is 0. The lowest BCUT2D eigenvalue weighted by molar-refractivity contribution is 0.0390. The van der Waals surface area contributed by atoms with Crippen molar-refractivity contribution in [1.82, 2.24) is 0 Å². The highest BCUT2D eigenvalue weighted by molar-refractivity contribution is 4.98. The van der Waals surface area contributed by atoms with Crippen LogP contribution in [0.15, 0.2) is 0 Å². The molecule has 3 nitrogen and oxygen atoms in total. The van der Waals surface area contributed by atoms with E-state index in [9.17, 15) is 5.11 Å². The second-order valence-corrected chi connectivity index (χ2v) is 5.75. The molecule has 0 radical (unpaired) electrons. The maximum absolute atomic E-state index is 9.20. The van der Waals surface area contributed by atoms with Crippen molar-refractivity contribution in [2.24, 2.45) is 35.1 Å². The summed E-state index contributed by atoms with van der Waals surface area (Å²) in [5.41, 5.74) is 12.6. The average molecular weight is 226 g/mol. The van der Waals surface area contributed by atoms with Gasteiger partial charge >= 0.3 is 0 Å². The number of nitrogens with two attached hydrogens (primary N) is 2. The summed E-state index contributed by atoms with van der Waals surface area (Å²) >= 11 is 0. The van der Waals surface area contributed by atoms with Gasteiger partial charge in [-0.25, -0.2) is 0 Å². The Labute approximate surface area is 98.6 Å². The maximum Gasteiger partial charge on any atom is 0.0462 e. The van der Waals surface area contributed by atoms with Gasteiger partial charge in [-0.05, 0) is 49.4 Å². The van der Waals surface area contributed by atoms with Crippen molar-refractivity contribution in [3.63, 3.8) is 0 Å². The molecular formula is C13H26N2O. The number of aliphatic hydroxyl groups excluding tert-OH is 1. The minimum atomic E-state index is 0.102. The molecule has 5 N–H and O–H groups in total. The molecule has 0 amide bonds. The van der Waals surface area contributed by atoms with Crippen LogP contribution in [0, 0.1) is 23.7 Å². The van der Waals surface area contributed by atoms with Crippen molar-refractivity contribution < 1.29 is 5.11 Å². The summed E-state index contributed by atoms with van der Waals surface area (Å²) in [5, 5.41) is 9.20. The van der Waals surface area contributed by atoms with Gasteiger partial charge in [-0.1, -0.05) is 13.3 Å². The van der Waals surface area contributed by atoms with Gasteiger partial charge in [0.25, 0.3) is 0 Å².